The average Bonchev–Trinajstić information content (AvgIpc) is 2.38. The minimum Gasteiger partial charge on any atom is -0.508 e. The van der Waals surface area contributed by atoms with Crippen LogP contribution in [-0.4, -0.2) is 52.5 Å². The van der Waals surface area contributed by atoms with Crippen molar-refractivity contribution in [3.8, 4) is 5.75 Å². The first-order valence-electron chi connectivity index (χ1n) is 6.06. The lowest BCUT2D eigenvalue weighted by Gasteiger charge is -2.33. The molecular weight excluding hydrogens is 264 g/mol. The van der Waals surface area contributed by atoms with E-state index in [-0.39, 0.29) is 31.8 Å². The summed E-state index contributed by atoms with van der Waals surface area (Å²) >= 11 is 0. The molecule has 2 rings (SSSR count). The highest BCUT2D eigenvalue weighted by Gasteiger charge is 2.31. The second-order valence-corrected chi connectivity index (χ2v) is 4.46. The van der Waals surface area contributed by atoms with E-state index < -0.39 is 17.8 Å². The molecule has 1 saturated heterocycles. The third-order valence-electron chi connectivity index (χ3n) is 3.02. The van der Waals surface area contributed by atoms with Crippen LogP contribution in [0.25, 0.3) is 0 Å². The van der Waals surface area contributed by atoms with Crippen LogP contribution in [0.2, 0.25) is 0 Å². The number of nitrogens with zero attached hydrogens (tertiary/aromatic N) is 2. The fourth-order valence-electron chi connectivity index (χ4n) is 2.00. The smallest absolute Gasteiger partial charge is 0.305 e. The average molecular weight is 278 g/mol. The first kappa shape index (κ1) is 13.9. The van der Waals surface area contributed by atoms with E-state index in [4.69, 9.17) is 5.11 Å². The molecule has 0 aliphatic carbocycles. The van der Waals surface area contributed by atoms with Gasteiger partial charge in [0.2, 0.25) is 11.8 Å². The van der Waals surface area contributed by atoms with Gasteiger partial charge in [-0.05, 0) is 24.3 Å². The van der Waals surface area contributed by atoms with E-state index in [1.807, 2.05) is 0 Å². The van der Waals surface area contributed by atoms with Crippen molar-refractivity contribution in [3.63, 3.8) is 0 Å². The molecule has 1 fully saturated rings. The van der Waals surface area contributed by atoms with Crippen LogP contribution >= 0.6 is 0 Å². The summed E-state index contributed by atoms with van der Waals surface area (Å²) in [5.41, 5.74) is 0.655. The van der Waals surface area contributed by atoms with Gasteiger partial charge in [-0.15, -0.1) is 0 Å². The normalized spacial score (nSPS) is 15.6. The number of rotatable bonds is 4. The van der Waals surface area contributed by atoms with Crippen molar-refractivity contribution in [1.29, 1.82) is 0 Å². The number of imide groups is 1. The molecule has 0 spiro atoms. The predicted molar refractivity (Wildman–Crippen MR) is 69.3 cm³/mol. The number of benzene rings is 1. The van der Waals surface area contributed by atoms with Crippen molar-refractivity contribution in [2.45, 2.75) is 6.42 Å². The number of carbonyl (C=O) groups is 3. The Balaban J connectivity index is 2.05. The molecule has 7 heteroatoms. The summed E-state index contributed by atoms with van der Waals surface area (Å²) in [5.74, 6) is -1.79. The van der Waals surface area contributed by atoms with Crippen LogP contribution in [-0.2, 0) is 14.4 Å². The minimum absolute atomic E-state index is 0.0101. The zero-order chi connectivity index (χ0) is 14.7. The number of phenols is 1. The van der Waals surface area contributed by atoms with Gasteiger partial charge >= 0.3 is 5.97 Å². The minimum atomic E-state index is -1.05. The highest BCUT2D eigenvalue weighted by Crippen LogP contribution is 2.20. The number of carbonyl (C=O) groups excluding carboxylic acids is 2. The maximum atomic E-state index is 11.9. The van der Waals surface area contributed by atoms with Crippen molar-refractivity contribution in [2.75, 3.05) is 24.5 Å². The number of hydrogen-bond donors (Lipinski definition) is 2. The Morgan fingerprint density at radius 3 is 2.15 bits per heavy atom. The Hall–Kier alpha value is -2.57. The molecule has 1 heterocycles. The van der Waals surface area contributed by atoms with Crippen LogP contribution in [0.15, 0.2) is 24.3 Å². The summed E-state index contributed by atoms with van der Waals surface area (Å²) in [6.45, 7) is -0.0807. The molecule has 1 aliphatic rings. The van der Waals surface area contributed by atoms with Crippen LogP contribution in [0.5, 0.6) is 5.75 Å². The molecule has 2 amide bonds. The number of aliphatic carboxylic acids is 1. The van der Waals surface area contributed by atoms with Crippen LogP contribution in [0.3, 0.4) is 0 Å². The van der Waals surface area contributed by atoms with E-state index in [1.54, 1.807) is 17.0 Å². The molecule has 0 radical (unpaired) electrons. The topological polar surface area (TPSA) is 98.2 Å². The van der Waals surface area contributed by atoms with Crippen molar-refractivity contribution >= 4 is 23.5 Å². The van der Waals surface area contributed by atoms with E-state index in [0.29, 0.717) is 5.69 Å². The Kier molecular flexibility index (Phi) is 3.88. The number of aromatic hydroxyl groups is 1. The van der Waals surface area contributed by atoms with Crippen molar-refractivity contribution in [1.82, 2.24) is 4.90 Å². The fourth-order valence-corrected chi connectivity index (χ4v) is 2.00. The molecule has 20 heavy (non-hydrogen) atoms. The summed E-state index contributed by atoms with van der Waals surface area (Å²) in [7, 11) is 0. The van der Waals surface area contributed by atoms with E-state index in [2.05, 4.69) is 0 Å². The molecular formula is C13H14N2O5. The summed E-state index contributed by atoms with van der Waals surface area (Å²) in [6.07, 6.45) is -0.253. The third-order valence-corrected chi connectivity index (χ3v) is 3.02. The van der Waals surface area contributed by atoms with Crippen LogP contribution in [0.4, 0.5) is 5.69 Å². The van der Waals surface area contributed by atoms with Gasteiger partial charge in [0.25, 0.3) is 0 Å². The Morgan fingerprint density at radius 1 is 1.10 bits per heavy atom. The van der Waals surface area contributed by atoms with Crippen LogP contribution in [0, 0.1) is 0 Å². The number of piperazine rings is 1. The molecule has 0 atom stereocenters. The zero-order valence-corrected chi connectivity index (χ0v) is 10.7. The lowest BCUT2D eigenvalue weighted by Crippen LogP contribution is -2.54. The van der Waals surface area contributed by atoms with Gasteiger partial charge in [-0.25, -0.2) is 0 Å². The predicted octanol–water partition coefficient (Wildman–Crippen LogP) is 0.0421. The molecule has 2 N–H and O–H groups in total. The molecule has 0 unspecified atom stereocenters. The monoisotopic (exact) mass is 278 g/mol. The molecule has 0 bridgehead atoms. The number of phenolic OH excluding ortho intramolecular Hbond substituents is 1. The summed E-state index contributed by atoms with van der Waals surface area (Å²) in [5, 5.41) is 17.8. The van der Waals surface area contributed by atoms with E-state index in [1.165, 1.54) is 12.1 Å². The molecule has 106 valence electrons. The highest BCUT2D eigenvalue weighted by molar-refractivity contribution is 6.03. The van der Waals surface area contributed by atoms with Crippen molar-refractivity contribution in [3.05, 3.63) is 24.3 Å². The number of amides is 2. The second kappa shape index (κ2) is 5.60. The summed E-state index contributed by atoms with van der Waals surface area (Å²) < 4.78 is 0. The lowest BCUT2D eigenvalue weighted by molar-refractivity contribution is -0.146. The zero-order valence-electron chi connectivity index (χ0n) is 10.7. The molecule has 7 nitrogen and oxygen atoms in total. The fraction of sp³-hybridized carbons (Fsp3) is 0.308. The first-order valence-corrected chi connectivity index (χ1v) is 6.06. The molecule has 1 aliphatic heterocycles. The second-order valence-electron chi connectivity index (χ2n) is 4.46. The van der Waals surface area contributed by atoms with Crippen molar-refractivity contribution in [2.24, 2.45) is 0 Å². The number of carboxylic acids is 1. The molecule has 0 saturated carbocycles. The van der Waals surface area contributed by atoms with Crippen LogP contribution < -0.4 is 4.90 Å². The summed E-state index contributed by atoms with van der Waals surface area (Å²) in [4.78, 5) is 36.8. The number of hydrogen-bond acceptors (Lipinski definition) is 5. The Labute approximate surface area is 115 Å². The van der Waals surface area contributed by atoms with Gasteiger partial charge in [-0.3, -0.25) is 19.3 Å². The molecule has 0 aromatic heterocycles. The van der Waals surface area contributed by atoms with Gasteiger partial charge in [0.1, 0.15) is 5.75 Å². The standard InChI is InChI=1S/C13H14N2O5/c16-10-3-1-9(2-4-10)14-7-11(17)15(12(18)8-14)6-5-13(19)20/h1-4,16H,5-8H2,(H,19,20). The van der Waals surface area contributed by atoms with E-state index in [9.17, 15) is 19.5 Å². The quantitative estimate of drug-likeness (QED) is 0.755. The van der Waals surface area contributed by atoms with Gasteiger partial charge in [-0.2, -0.15) is 0 Å². The maximum Gasteiger partial charge on any atom is 0.305 e. The number of anilines is 1. The van der Waals surface area contributed by atoms with Gasteiger partial charge in [0, 0.05) is 12.2 Å². The largest absolute Gasteiger partial charge is 0.508 e. The van der Waals surface area contributed by atoms with E-state index in [0.717, 1.165) is 4.90 Å². The van der Waals surface area contributed by atoms with Gasteiger partial charge in [0.15, 0.2) is 0 Å². The highest BCUT2D eigenvalue weighted by atomic mass is 16.4. The third kappa shape index (κ3) is 3.05. The van der Waals surface area contributed by atoms with Crippen LogP contribution in [0.1, 0.15) is 6.42 Å². The SMILES string of the molecule is O=C(O)CCN1C(=O)CN(c2ccc(O)cc2)CC1=O. The Bertz CT molecular complexity index is 522. The Morgan fingerprint density at radius 2 is 1.65 bits per heavy atom. The molecule has 1 aromatic carbocycles. The lowest BCUT2D eigenvalue weighted by atomic mass is 10.2. The van der Waals surface area contributed by atoms with Gasteiger partial charge < -0.3 is 15.1 Å². The molecule has 1 aromatic rings. The number of carboxylic acid groups (broad SMARTS) is 1. The van der Waals surface area contributed by atoms with Gasteiger partial charge in [0.05, 0.1) is 19.5 Å². The maximum absolute atomic E-state index is 11.9. The summed E-state index contributed by atoms with van der Waals surface area (Å²) in [6, 6.07) is 6.17. The van der Waals surface area contributed by atoms with E-state index >= 15 is 0 Å². The van der Waals surface area contributed by atoms with Crippen molar-refractivity contribution < 1.29 is 24.6 Å². The van der Waals surface area contributed by atoms with Gasteiger partial charge in [-0.1, -0.05) is 0 Å². The first-order chi connectivity index (χ1) is 9.47.